The average Bonchev–Trinajstić information content (AvgIpc) is 2.81. The fraction of sp³-hybridized carbons (Fsp3) is 0.143. The molecule has 18 heavy (non-hydrogen) atoms. The summed E-state index contributed by atoms with van der Waals surface area (Å²) in [6.45, 7) is 1.97. The van der Waals surface area contributed by atoms with E-state index < -0.39 is 0 Å². The van der Waals surface area contributed by atoms with Crippen LogP contribution in [0.15, 0.2) is 42.6 Å². The first kappa shape index (κ1) is 10.8. The van der Waals surface area contributed by atoms with Gasteiger partial charge >= 0.3 is 0 Å². The molecule has 90 valence electrons. The van der Waals surface area contributed by atoms with E-state index in [-0.39, 0.29) is 0 Å². The van der Waals surface area contributed by atoms with Gasteiger partial charge < -0.3 is 9.88 Å². The number of nitrogens with one attached hydrogen (secondary N) is 1. The predicted molar refractivity (Wildman–Crippen MR) is 73.1 cm³/mol. The van der Waals surface area contributed by atoms with Crippen LogP contribution in [0.5, 0.6) is 0 Å². The van der Waals surface area contributed by atoms with E-state index in [1.165, 1.54) is 5.39 Å². The predicted octanol–water partition coefficient (Wildman–Crippen LogP) is 2.77. The standard InChI is InChI=1S/C14H14N4/c1-10-9-13(17-14(15-2)16-10)18-8-7-11-5-3-4-6-12(11)18/h3-9H,1-2H3,(H,15,16,17). The van der Waals surface area contributed by atoms with E-state index in [4.69, 9.17) is 0 Å². The number of hydrogen-bond donors (Lipinski definition) is 1. The van der Waals surface area contributed by atoms with Gasteiger partial charge in [0.2, 0.25) is 5.95 Å². The van der Waals surface area contributed by atoms with Crippen LogP contribution in [-0.2, 0) is 0 Å². The van der Waals surface area contributed by atoms with E-state index in [1.54, 1.807) is 0 Å². The Labute approximate surface area is 105 Å². The van der Waals surface area contributed by atoms with Crippen molar-refractivity contribution in [2.75, 3.05) is 12.4 Å². The lowest BCUT2D eigenvalue weighted by atomic mass is 10.2. The Morgan fingerprint density at radius 1 is 1.11 bits per heavy atom. The van der Waals surface area contributed by atoms with Gasteiger partial charge in [-0.05, 0) is 24.4 Å². The number of hydrogen-bond acceptors (Lipinski definition) is 3. The lowest BCUT2D eigenvalue weighted by Crippen LogP contribution is -2.03. The van der Waals surface area contributed by atoms with Crippen LogP contribution >= 0.6 is 0 Å². The Morgan fingerprint density at radius 3 is 2.78 bits per heavy atom. The molecule has 0 spiro atoms. The number of benzene rings is 1. The molecule has 0 unspecified atom stereocenters. The topological polar surface area (TPSA) is 42.7 Å². The summed E-state index contributed by atoms with van der Waals surface area (Å²) in [6, 6.07) is 12.3. The number of rotatable bonds is 2. The largest absolute Gasteiger partial charge is 0.357 e. The second kappa shape index (κ2) is 4.14. The molecule has 2 heterocycles. The number of aryl methyl sites for hydroxylation is 1. The van der Waals surface area contributed by atoms with Crippen LogP contribution in [0, 0.1) is 6.92 Å². The van der Waals surface area contributed by atoms with Crippen LogP contribution in [-0.4, -0.2) is 21.6 Å². The molecule has 0 aliphatic rings. The number of aromatic nitrogens is 3. The van der Waals surface area contributed by atoms with Crippen LogP contribution in [0.2, 0.25) is 0 Å². The molecule has 0 aliphatic carbocycles. The third-order valence-corrected chi connectivity index (χ3v) is 2.91. The van der Waals surface area contributed by atoms with Gasteiger partial charge in [-0.3, -0.25) is 0 Å². The van der Waals surface area contributed by atoms with Crippen LogP contribution in [0.3, 0.4) is 0 Å². The number of para-hydroxylation sites is 1. The number of fused-ring (bicyclic) bond motifs is 1. The summed E-state index contributed by atoms with van der Waals surface area (Å²) < 4.78 is 2.07. The van der Waals surface area contributed by atoms with Crippen molar-refractivity contribution in [3.8, 4) is 5.82 Å². The molecule has 4 nitrogen and oxygen atoms in total. The highest BCUT2D eigenvalue weighted by Crippen LogP contribution is 2.19. The van der Waals surface area contributed by atoms with Crippen molar-refractivity contribution in [3.63, 3.8) is 0 Å². The van der Waals surface area contributed by atoms with E-state index >= 15 is 0 Å². The second-order valence-electron chi connectivity index (χ2n) is 4.19. The summed E-state index contributed by atoms with van der Waals surface area (Å²) in [7, 11) is 1.83. The SMILES string of the molecule is CNc1nc(C)cc(-n2ccc3ccccc32)n1. The number of anilines is 1. The summed E-state index contributed by atoms with van der Waals surface area (Å²) in [6.07, 6.45) is 2.03. The maximum atomic E-state index is 4.49. The minimum Gasteiger partial charge on any atom is -0.357 e. The maximum absolute atomic E-state index is 4.49. The van der Waals surface area contributed by atoms with Crippen molar-refractivity contribution in [1.29, 1.82) is 0 Å². The molecule has 0 bridgehead atoms. The summed E-state index contributed by atoms with van der Waals surface area (Å²) in [5, 5.41) is 4.19. The van der Waals surface area contributed by atoms with E-state index in [0.717, 1.165) is 17.0 Å². The summed E-state index contributed by atoms with van der Waals surface area (Å²) in [5.41, 5.74) is 2.10. The fourth-order valence-electron chi connectivity index (χ4n) is 2.07. The van der Waals surface area contributed by atoms with Crippen LogP contribution < -0.4 is 5.32 Å². The lowest BCUT2D eigenvalue weighted by Gasteiger charge is -2.07. The van der Waals surface area contributed by atoms with Crippen LogP contribution in [0.1, 0.15) is 5.69 Å². The molecule has 1 N–H and O–H groups in total. The minimum atomic E-state index is 0.641. The number of nitrogens with zero attached hydrogens (tertiary/aromatic N) is 3. The van der Waals surface area contributed by atoms with Gasteiger partial charge in [0.15, 0.2) is 0 Å². The summed E-state index contributed by atoms with van der Waals surface area (Å²) >= 11 is 0. The lowest BCUT2D eigenvalue weighted by molar-refractivity contribution is 0.991. The first-order chi connectivity index (χ1) is 8.78. The minimum absolute atomic E-state index is 0.641. The van der Waals surface area contributed by atoms with Gasteiger partial charge in [0, 0.05) is 25.0 Å². The zero-order chi connectivity index (χ0) is 12.5. The van der Waals surface area contributed by atoms with Gasteiger partial charge in [0.25, 0.3) is 0 Å². The molecule has 0 fully saturated rings. The third-order valence-electron chi connectivity index (χ3n) is 2.91. The van der Waals surface area contributed by atoms with Crippen molar-refractivity contribution in [3.05, 3.63) is 48.3 Å². The molecule has 0 radical (unpaired) electrons. The normalized spacial score (nSPS) is 10.8. The molecule has 0 saturated carbocycles. The Hall–Kier alpha value is -2.36. The Morgan fingerprint density at radius 2 is 1.94 bits per heavy atom. The average molecular weight is 238 g/mol. The van der Waals surface area contributed by atoms with Gasteiger partial charge in [-0.15, -0.1) is 0 Å². The third kappa shape index (κ3) is 1.72. The molecule has 1 aromatic carbocycles. The Bertz CT molecular complexity index is 700. The zero-order valence-electron chi connectivity index (χ0n) is 10.4. The van der Waals surface area contributed by atoms with E-state index in [2.05, 4.69) is 38.1 Å². The fourth-order valence-corrected chi connectivity index (χ4v) is 2.07. The molecule has 4 heteroatoms. The van der Waals surface area contributed by atoms with Crippen LogP contribution in [0.4, 0.5) is 5.95 Å². The highest BCUT2D eigenvalue weighted by atomic mass is 15.1. The van der Waals surface area contributed by atoms with Gasteiger partial charge in [0.1, 0.15) is 5.82 Å². The van der Waals surface area contributed by atoms with Crippen molar-refractivity contribution in [2.45, 2.75) is 6.92 Å². The van der Waals surface area contributed by atoms with Crippen LogP contribution in [0.25, 0.3) is 16.7 Å². The molecular weight excluding hydrogens is 224 g/mol. The van der Waals surface area contributed by atoms with E-state index in [0.29, 0.717) is 5.95 Å². The van der Waals surface area contributed by atoms with Crippen molar-refractivity contribution < 1.29 is 0 Å². The second-order valence-corrected chi connectivity index (χ2v) is 4.19. The van der Waals surface area contributed by atoms with Crippen molar-refractivity contribution in [1.82, 2.24) is 14.5 Å². The van der Waals surface area contributed by atoms with E-state index in [1.807, 2.05) is 38.4 Å². The highest BCUT2D eigenvalue weighted by Gasteiger charge is 2.06. The van der Waals surface area contributed by atoms with E-state index in [9.17, 15) is 0 Å². The monoisotopic (exact) mass is 238 g/mol. The molecule has 3 rings (SSSR count). The van der Waals surface area contributed by atoms with Gasteiger partial charge in [-0.1, -0.05) is 18.2 Å². The smallest absolute Gasteiger partial charge is 0.224 e. The molecule has 2 aromatic heterocycles. The molecule has 0 saturated heterocycles. The summed E-state index contributed by atoms with van der Waals surface area (Å²) in [4.78, 5) is 8.79. The Balaban J connectivity index is 2.22. The molecule has 3 aromatic rings. The Kier molecular flexibility index (Phi) is 2.48. The highest BCUT2D eigenvalue weighted by molar-refractivity contribution is 5.81. The molecule has 0 aliphatic heterocycles. The molecular formula is C14H14N4. The molecule has 0 amide bonds. The van der Waals surface area contributed by atoms with Gasteiger partial charge in [-0.2, -0.15) is 4.98 Å². The van der Waals surface area contributed by atoms with Crippen molar-refractivity contribution >= 4 is 16.9 Å². The summed E-state index contributed by atoms with van der Waals surface area (Å²) in [5.74, 6) is 1.52. The van der Waals surface area contributed by atoms with Gasteiger partial charge in [-0.25, -0.2) is 4.98 Å². The molecule has 0 atom stereocenters. The zero-order valence-corrected chi connectivity index (χ0v) is 10.4. The first-order valence-corrected chi connectivity index (χ1v) is 5.88. The van der Waals surface area contributed by atoms with Crippen molar-refractivity contribution in [2.24, 2.45) is 0 Å². The first-order valence-electron chi connectivity index (χ1n) is 5.88. The maximum Gasteiger partial charge on any atom is 0.224 e. The quantitative estimate of drug-likeness (QED) is 0.746. The van der Waals surface area contributed by atoms with Gasteiger partial charge in [0.05, 0.1) is 5.52 Å².